The molecule has 65 heavy (non-hydrogen) atoms. The van der Waals surface area contributed by atoms with E-state index in [1.165, 1.54) is 75.1 Å². The van der Waals surface area contributed by atoms with Crippen LogP contribution in [-0.4, -0.2) is 0 Å². The molecule has 0 saturated carbocycles. The maximum Gasteiger partial charge on any atom is 0.145 e. The van der Waals surface area contributed by atoms with E-state index in [0.29, 0.717) is 0 Å². The molecule has 2 aromatic heterocycles. The first kappa shape index (κ1) is 37.3. The molecule has 0 atom stereocenters. The van der Waals surface area contributed by atoms with Crippen molar-refractivity contribution in [3.63, 3.8) is 0 Å². The van der Waals surface area contributed by atoms with Crippen molar-refractivity contribution in [1.82, 2.24) is 0 Å². The zero-order valence-corrected chi connectivity index (χ0v) is 36.1. The Morgan fingerprint density at radius 1 is 0.323 bits per heavy atom. The number of hydrogen-bond donors (Lipinski definition) is 0. The number of furan rings is 1. The lowest BCUT2D eigenvalue weighted by Crippen LogP contribution is -2.10. The molecule has 0 amide bonds. The zero-order chi connectivity index (χ0) is 42.8. The molecule has 0 fully saturated rings. The van der Waals surface area contributed by atoms with Crippen LogP contribution in [0.4, 0.5) is 17.1 Å². The normalized spacial score (nSPS) is 11.7. The van der Waals surface area contributed by atoms with Gasteiger partial charge >= 0.3 is 0 Å². The molecule has 11 aromatic carbocycles. The number of anilines is 3. The molecule has 2 nitrogen and oxygen atoms in total. The molecule has 0 aliphatic carbocycles. The van der Waals surface area contributed by atoms with E-state index in [1.54, 1.807) is 0 Å². The summed E-state index contributed by atoms with van der Waals surface area (Å²) in [7, 11) is 0. The van der Waals surface area contributed by atoms with E-state index < -0.39 is 0 Å². The molecule has 13 rings (SSSR count). The maximum atomic E-state index is 6.90. The summed E-state index contributed by atoms with van der Waals surface area (Å²) in [6, 6.07) is 85.8. The number of thiophene rings is 1. The van der Waals surface area contributed by atoms with Gasteiger partial charge in [-0.2, -0.15) is 0 Å². The number of rotatable bonds is 7. The summed E-state index contributed by atoms with van der Waals surface area (Å²) in [5.41, 5.74) is 14.4. The topological polar surface area (TPSA) is 16.4 Å². The molecular formula is C62H39NOS. The minimum atomic E-state index is 0.865. The molecule has 0 radical (unpaired) electrons. The first-order chi connectivity index (χ1) is 32.2. The van der Waals surface area contributed by atoms with E-state index in [4.69, 9.17) is 4.42 Å². The van der Waals surface area contributed by atoms with Crippen LogP contribution in [0.5, 0.6) is 0 Å². The summed E-state index contributed by atoms with van der Waals surface area (Å²) >= 11 is 1.89. The molecule has 0 aliphatic rings. The van der Waals surface area contributed by atoms with E-state index in [0.717, 1.165) is 50.1 Å². The highest BCUT2D eigenvalue weighted by atomic mass is 32.1. The van der Waals surface area contributed by atoms with Crippen molar-refractivity contribution in [3.8, 4) is 44.5 Å². The Hall–Kier alpha value is -8.24. The van der Waals surface area contributed by atoms with Gasteiger partial charge in [-0.25, -0.2) is 0 Å². The van der Waals surface area contributed by atoms with Crippen LogP contribution in [0.15, 0.2) is 241 Å². The SMILES string of the molecule is c1ccc(-c2ccc(-c3ccc(N(c4ccc(-c5cccc6c5sc5c(-c7ccccc7)cccc56)cc4)c4ccc5ccc6ccccc6c5c4)c4c3oc3ccccc34)cc2)cc1. The van der Waals surface area contributed by atoms with Gasteiger partial charge in [0.05, 0.1) is 11.1 Å². The molecule has 2 heterocycles. The fraction of sp³-hybridized carbons (Fsp3) is 0. The third kappa shape index (κ3) is 6.24. The Labute approximate surface area is 380 Å². The number of fused-ring (bicyclic) bond motifs is 9. The lowest BCUT2D eigenvalue weighted by atomic mass is 9.97. The first-order valence-electron chi connectivity index (χ1n) is 22.2. The fourth-order valence-corrected chi connectivity index (χ4v) is 11.3. The fourth-order valence-electron chi connectivity index (χ4n) is 9.94. The number of para-hydroxylation sites is 1. The lowest BCUT2D eigenvalue weighted by Gasteiger charge is -2.27. The minimum Gasteiger partial charge on any atom is -0.455 e. The Balaban J connectivity index is 0.996. The smallest absolute Gasteiger partial charge is 0.145 e. The predicted molar refractivity (Wildman–Crippen MR) is 278 cm³/mol. The Kier molecular flexibility index (Phi) is 8.75. The van der Waals surface area contributed by atoms with Gasteiger partial charge in [0.15, 0.2) is 0 Å². The number of hydrogen-bond acceptors (Lipinski definition) is 3. The van der Waals surface area contributed by atoms with Crippen LogP contribution < -0.4 is 4.90 Å². The molecule has 304 valence electrons. The van der Waals surface area contributed by atoms with Gasteiger partial charge < -0.3 is 9.32 Å². The molecule has 0 spiro atoms. The van der Waals surface area contributed by atoms with Gasteiger partial charge in [-0.15, -0.1) is 11.3 Å². The third-order valence-corrected chi connectivity index (χ3v) is 14.4. The Bertz CT molecular complexity index is 3920. The molecule has 3 heteroatoms. The summed E-state index contributed by atoms with van der Waals surface area (Å²) in [5.74, 6) is 0. The highest BCUT2D eigenvalue weighted by Gasteiger charge is 2.23. The molecule has 0 bridgehead atoms. The van der Waals surface area contributed by atoms with Crippen LogP contribution in [-0.2, 0) is 0 Å². The van der Waals surface area contributed by atoms with Crippen LogP contribution in [0.3, 0.4) is 0 Å². The van der Waals surface area contributed by atoms with E-state index in [9.17, 15) is 0 Å². The molecule has 0 N–H and O–H groups in total. The highest BCUT2D eigenvalue weighted by Crippen LogP contribution is 2.48. The molecule has 0 unspecified atom stereocenters. The summed E-state index contributed by atoms with van der Waals surface area (Å²) in [5, 5.41) is 9.65. The third-order valence-electron chi connectivity index (χ3n) is 13.1. The molecular weight excluding hydrogens is 807 g/mol. The van der Waals surface area contributed by atoms with Crippen molar-refractivity contribution in [2.24, 2.45) is 0 Å². The van der Waals surface area contributed by atoms with Crippen LogP contribution in [0.25, 0.3) is 108 Å². The van der Waals surface area contributed by atoms with Gasteiger partial charge in [0.25, 0.3) is 0 Å². The molecule has 0 aliphatic heterocycles. The second-order valence-corrected chi connectivity index (χ2v) is 17.8. The summed E-state index contributed by atoms with van der Waals surface area (Å²) in [6.45, 7) is 0. The Morgan fingerprint density at radius 3 is 1.55 bits per heavy atom. The monoisotopic (exact) mass is 845 g/mol. The van der Waals surface area contributed by atoms with Crippen molar-refractivity contribution < 1.29 is 4.42 Å². The minimum absolute atomic E-state index is 0.865. The van der Waals surface area contributed by atoms with Gasteiger partial charge in [0.2, 0.25) is 0 Å². The summed E-state index contributed by atoms with van der Waals surface area (Å²) in [6.07, 6.45) is 0. The standard InChI is InChI=1S/C62H39NOS/c1-3-13-40(14-4-1)41-25-27-44(28-26-41)50-37-38-57(59-55-19-9-10-24-58(55)64-60(50)59)63(48-36-33-46-30-29-43-17-7-8-18-49(43)56(46)39-48)47-34-31-45(32-35-47)52-21-12-23-54-53-22-11-20-51(61(53)65-62(52)54)42-15-5-2-6-16-42/h1-39H. The van der Waals surface area contributed by atoms with Gasteiger partial charge in [-0.1, -0.05) is 194 Å². The average Bonchev–Trinajstić information content (AvgIpc) is 3.97. The average molecular weight is 846 g/mol. The van der Waals surface area contributed by atoms with Crippen molar-refractivity contribution in [3.05, 3.63) is 237 Å². The van der Waals surface area contributed by atoms with Crippen molar-refractivity contribution >= 4 is 92.1 Å². The van der Waals surface area contributed by atoms with Crippen LogP contribution in [0.1, 0.15) is 0 Å². The Morgan fingerprint density at radius 2 is 0.831 bits per heavy atom. The first-order valence-corrected chi connectivity index (χ1v) is 23.0. The van der Waals surface area contributed by atoms with Crippen molar-refractivity contribution in [1.29, 1.82) is 0 Å². The predicted octanol–water partition coefficient (Wildman–Crippen LogP) is 18.4. The van der Waals surface area contributed by atoms with Gasteiger partial charge in [-0.05, 0) is 103 Å². The lowest BCUT2D eigenvalue weighted by molar-refractivity contribution is 0.670. The number of nitrogens with zero attached hydrogens (tertiary/aromatic N) is 1. The second-order valence-electron chi connectivity index (χ2n) is 16.8. The van der Waals surface area contributed by atoms with E-state index in [-0.39, 0.29) is 0 Å². The van der Waals surface area contributed by atoms with E-state index in [2.05, 4.69) is 241 Å². The highest BCUT2D eigenvalue weighted by molar-refractivity contribution is 7.26. The van der Waals surface area contributed by atoms with Crippen LogP contribution in [0, 0.1) is 0 Å². The van der Waals surface area contributed by atoms with E-state index >= 15 is 0 Å². The summed E-state index contributed by atoms with van der Waals surface area (Å²) in [4.78, 5) is 2.42. The van der Waals surface area contributed by atoms with Crippen LogP contribution >= 0.6 is 11.3 Å². The largest absolute Gasteiger partial charge is 0.455 e. The van der Waals surface area contributed by atoms with Gasteiger partial charge in [-0.3, -0.25) is 0 Å². The molecule has 13 aromatic rings. The van der Waals surface area contributed by atoms with Crippen molar-refractivity contribution in [2.45, 2.75) is 0 Å². The van der Waals surface area contributed by atoms with Gasteiger partial charge in [0, 0.05) is 42.5 Å². The van der Waals surface area contributed by atoms with Gasteiger partial charge in [0.1, 0.15) is 11.2 Å². The second kappa shape index (κ2) is 15.2. The summed E-state index contributed by atoms with van der Waals surface area (Å²) < 4.78 is 9.52. The van der Waals surface area contributed by atoms with E-state index in [1.807, 2.05) is 11.3 Å². The quantitative estimate of drug-likeness (QED) is 0.149. The molecule has 0 saturated heterocycles. The van der Waals surface area contributed by atoms with Crippen molar-refractivity contribution in [2.75, 3.05) is 4.90 Å². The zero-order valence-electron chi connectivity index (χ0n) is 35.3. The number of benzene rings is 11. The maximum absolute atomic E-state index is 6.90. The van der Waals surface area contributed by atoms with Crippen LogP contribution in [0.2, 0.25) is 0 Å².